The lowest BCUT2D eigenvalue weighted by Crippen LogP contribution is -2.23. The van der Waals surface area contributed by atoms with Crippen LogP contribution in [0.1, 0.15) is 109 Å². The number of hydrogen-bond donors (Lipinski definition) is 0. The Bertz CT molecular complexity index is 1030. The Morgan fingerprint density at radius 1 is 0.568 bits per heavy atom. The van der Waals surface area contributed by atoms with Crippen LogP contribution in [0.15, 0.2) is 30.7 Å². The second-order valence-electron chi connectivity index (χ2n) is 13.7. The van der Waals surface area contributed by atoms with E-state index in [1.54, 1.807) is 13.8 Å². The Labute approximate surface area is 272 Å². The molecular formula is C30H52N8O4S2. The van der Waals surface area contributed by atoms with Gasteiger partial charge in [-0.1, -0.05) is 0 Å². The van der Waals surface area contributed by atoms with Crippen LogP contribution in [0.25, 0.3) is 0 Å². The van der Waals surface area contributed by atoms with Crippen LogP contribution < -0.4 is 0 Å². The maximum absolute atomic E-state index is 12.2. The third-order valence-corrected chi connectivity index (χ3v) is 7.71. The Balaban J connectivity index is 4.50. The van der Waals surface area contributed by atoms with Gasteiger partial charge in [-0.15, -0.1) is 23.5 Å². The highest BCUT2D eigenvalue weighted by atomic mass is 32.2. The van der Waals surface area contributed by atoms with Crippen molar-refractivity contribution >= 4 is 35.5 Å². The number of hydrogen-bond acceptors (Lipinski definition) is 14. The van der Waals surface area contributed by atoms with Crippen LogP contribution >= 0.6 is 23.5 Å². The number of nitriles is 2. The lowest BCUT2D eigenvalue weighted by atomic mass is 9.99. The molecule has 0 saturated heterocycles. The van der Waals surface area contributed by atoms with E-state index in [1.165, 1.54) is 23.5 Å². The SMILES string of the molecule is CC(C)(C)/N=N/C(C)(C#N)CCC(=O)OCCSC(C)(C)/N=N/C(C)(C)SCCOC(=O)CCC(C)(C#N)/N=N/C(C)(C)C. The Morgan fingerprint density at radius 2 is 0.886 bits per heavy atom. The van der Waals surface area contributed by atoms with E-state index in [4.69, 9.17) is 9.47 Å². The standard InChI is InChI=1S/C30H52N8O4S2/c1-25(2,3)33-37-29(11,21-31)15-13-23(39)41-17-19-43-27(7,8)35-36-28(9,10)44-20-18-42-24(40)14-16-30(12,22-32)38-34-26(4,5)6/h13-20H2,1-12H3/b36-35+,37-33+,38-34+. The van der Waals surface area contributed by atoms with Gasteiger partial charge >= 0.3 is 11.9 Å². The van der Waals surface area contributed by atoms with Crippen molar-refractivity contribution in [3.05, 3.63) is 0 Å². The van der Waals surface area contributed by atoms with Gasteiger partial charge in [0.2, 0.25) is 0 Å². The first-order valence-electron chi connectivity index (χ1n) is 14.7. The van der Waals surface area contributed by atoms with Crippen molar-refractivity contribution in [2.75, 3.05) is 24.7 Å². The molecule has 0 aromatic rings. The number of rotatable bonds is 18. The predicted octanol–water partition coefficient (Wildman–Crippen LogP) is 8.09. The van der Waals surface area contributed by atoms with E-state index in [0.29, 0.717) is 11.5 Å². The van der Waals surface area contributed by atoms with Crippen LogP contribution in [0.5, 0.6) is 0 Å². The van der Waals surface area contributed by atoms with Crippen LogP contribution in [-0.4, -0.2) is 68.6 Å². The molecule has 0 aliphatic carbocycles. The molecule has 0 radical (unpaired) electrons. The molecule has 0 saturated carbocycles. The van der Waals surface area contributed by atoms with Gasteiger partial charge in [-0.3, -0.25) is 9.59 Å². The van der Waals surface area contributed by atoms with Gasteiger partial charge in [0.25, 0.3) is 0 Å². The second kappa shape index (κ2) is 17.8. The summed E-state index contributed by atoms with van der Waals surface area (Å²) in [7, 11) is 0. The quantitative estimate of drug-likeness (QED) is 0.0810. The van der Waals surface area contributed by atoms with E-state index >= 15 is 0 Å². The van der Waals surface area contributed by atoms with E-state index in [-0.39, 0.29) is 50.8 Å². The average molecular weight is 653 g/mol. The Hall–Kier alpha value is -2.58. The first-order chi connectivity index (χ1) is 19.9. The van der Waals surface area contributed by atoms with Crippen LogP contribution in [0, 0.1) is 22.7 Å². The van der Waals surface area contributed by atoms with E-state index in [9.17, 15) is 20.1 Å². The summed E-state index contributed by atoms with van der Waals surface area (Å²) in [5.41, 5.74) is -2.94. The Kier molecular flexibility index (Phi) is 16.7. The van der Waals surface area contributed by atoms with Crippen LogP contribution in [0.3, 0.4) is 0 Å². The molecule has 0 aliphatic rings. The number of nitrogens with zero attached hydrogens (tertiary/aromatic N) is 8. The fraction of sp³-hybridized carbons (Fsp3) is 0.867. The number of carbonyl (C=O) groups excluding carboxylic acids is 2. The van der Waals surface area contributed by atoms with Gasteiger partial charge in [0.1, 0.15) is 23.0 Å². The smallest absolute Gasteiger partial charge is 0.305 e. The van der Waals surface area contributed by atoms with Crippen molar-refractivity contribution < 1.29 is 19.1 Å². The molecule has 248 valence electrons. The average Bonchev–Trinajstić information content (AvgIpc) is 2.91. The van der Waals surface area contributed by atoms with E-state index in [1.807, 2.05) is 69.2 Å². The van der Waals surface area contributed by atoms with Gasteiger partial charge < -0.3 is 9.47 Å². The number of azo groups is 3. The highest BCUT2D eigenvalue weighted by molar-refractivity contribution is 8.00. The summed E-state index contributed by atoms with van der Waals surface area (Å²) in [6.45, 7) is 22.8. The zero-order valence-electron chi connectivity index (χ0n) is 28.7. The third kappa shape index (κ3) is 21.2. The molecule has 0 aromatic heterocycles. The highest BCUT2D eigenvalue weighted by Crippen LogP contribution is 2.32. The van der Waals surface area contributed by atoms with Crippen molar-refractivity contribution in [3.63, 3.8) is 0 Å². The molecule has 0 heterocycles. The summed E-state index contributed by atoms with van der Waals surface area (Å²) in [6, 6.07) is 4.25. The zero-order valence-corrected chi connectivity index (χ0v) is 30.3. The van der Waals surface area contributed by atoms with Crippen molar-refractivity contribution in [3.8, 4) is 12.1 Å². The summed E-state index contributed by atoms with van der Waals surface area (Å²) in [4.78, 5) is 23.3. The molecule has 0 amide bonds. The van der Waals surface area contributed by atoms with Gasteiger partial charge in [0.15, 0.2) is 11.1 Å². The normalized spacial score (nSPS) is 16.0. The largest absolute Gasteiger partial charge is 0.465 e. The molecule has 0 aliphatic heterocycles. The summed E-state index contributed by atoms with van der Waals surface area (Å²) in [5.74, 6) is 0.285. The number of ether oxygens (including phenoxy) is 2. The van der Waals surface area contributed by atoms with Crippen LogP contribution in [0.2, 0.25) is 0 Å². The fourth-order valence-corrected chi connectivity index (χ4v) is 4.33. The summed E-state index contributed by atoms with van der Waals surface area (Å²) in [6.07, 6.45) is 0.604. The monoisotopic (exact) mass is 652 g/mol. The minimum atomic E-state index is -1.07. The van der Waals surface area contributed by atoms with Crippen molar-refractivity contribution in [1.29, 1.82) is 10.5 Å². The minimum absolute atomic E-state index is 0.0739. The van der Waals surface area contributed by atoms with Crippen molar-refractivity contribution in [1.82, 2.24) is 0 Å². The maximum atomic E-state index is 12.2. The minimum Gasteiger partial charge on any atom is -0.465 e. The number of carbonyl (C=O) groups is 2. The molecule has 0 bridgehead atoms. The highest BCUT2D eigenvalue weighted by Gasteiger charge is 2.28. The van der Waals surface area contributed by atoms with Crippen LogP contribution in [0.4, 0.5) is 0 Å². The first kappa shape index (κ1) is 41.4. The topological polar surface area (TPSA) is 174 Å². The summed E-state index contributed by atoms with van der Waals surface area (Å²) >= 11 is 3.01. The first-order valence-corrected chi connectivity index (χ1v) is 16.7. The second-order valence-corrected chi connectivity index (χ2v) is 17.1. The zero-order chi connectivity index (χ0) is 34.3. The third-order valence-electron chi connectivity index (χ3n) is 5.39. The molecule has 2 unspecified atom stereocenters. The summed E-state index contributed by atoms with van der Waals surface area (Å²) in [5, 5.41) is 44.5. The molecule has 14 heteroatoms. The number of thioether (sulfide) groups is 2. The predicted molar refractivity (Wildman–Crippen MR) is 176 cm³/mol. The van der Waals surface area contributed by atoms with E-state index < -0.39 is 31.9 Å². The van der Waals surface area contributed by atoms with Gasteiger partial charge in [0, 0.05) is 24.3 Å². The summed E-state index contributed by atoms with van der Waals surface area (Å²) < 4.78 is 10.7. The molecule has 0 rings (SSSR count). The van der Waals surface area contributed by atoms with E-state index in [2.05, 4.69) is 42.8 Å². The Morgan fingerprint density at radius 3 is 1.16 bits per heavy atom. The molecule has 12 nitrogen and oxygen atoms in total. The molecule has 44 heavy (non-hydrogen) atoms. The number of esters is 2. The molecule has 2 atom stereocenters. The molecular weight excluding hydrogens is 601 g/mol. The molecule has 0 spiro atoms. The van der Waals surface area contributed by atoms with Gasteiger partial charge in [0.05, 0.1) is 23.2 Å². The van der Waals surface area contributed by atoms with E-state index in [0.717, 1.165) is 0 Å². The molecule has 0 aromatic carbocycles. The fourth-order valence-electron chi connectivity index (χ4n) is 2.80. The van der Waals surface area contributed by atoms with Crippen LogP contribution in [-0.2, 0) is 19.1 Å². The maximum Gasteiger partial charge on any atom is 0.305 e. The van der Waals surface area contributed by atoms with Gasteiger partial charge in [-0.2, -0.15) is 41.2 Å². The molecule has 0 N–H and O–H groups in total. The molecule has 0 fully saturated rings. The van der Waals surface area contributed by atoms with Gasteiger partial charge in [-0.05, 0) is 95.9 Å². The lowest BCUT2D eigenvalue weighted by molar-refractivity contribution is -0.144. The lowest BCUT2D eigenvalue weighted by Gasteiger charge is -2.22. The van der Waals surface area contributed by atoms with Gasteiger partial charge in [-0.25, -0.2) is 0 Å². The van der Waals surface area contributed by atoms with Crippen molar-refractivity contribution in [2.24, 2.45) is 30.7 Å². The van der Waals surface area contributed by atoms with Crippen molar-refractivity contribution in [2.45, 2.75) is 141 Å².